The number of hydrogen-bond acceptors (Lipinski definition) is 3. The zero-order valence-electron chi connectivity index (χ0n) is 13.9. The van der Waals surface area contributed by atoms with Gasteiger partial charge in [-0.05, 0) is 43.7 Å². The molecule has 0 radical (unpaired) electrons. The fourth-order valence-electron chi connectivity index (χ4n) is 2.64. The molecule has 0 aromatic rings. The third kappa shape index (κ3) is 6.93. The molecular weight excluding hydrogens is 266 g/mol. The van der Waals surface area contributed by atoms with Gasteiger partial charge in [0.1, 0.15) is 0 Å². The predicted octanol–water partition coefficient (Wildman–Crippen LogP) is 1.24. The number of carbonyl (C=O) groups excluding carboxylic acids is 2. The molecule has 0 aliphatic carbocycles. The van der Waals surface area contributed by atoms with E-state index in [-0.39, 0.29) is 18.4 Å². The number of piperidine rings is 1. The van der Waals surface area contributed by atoms with E-state index in [0.717, 1.165) is 13.1 Å². The summed E-state index contributed by atoms with van der Waals surface area (Å²) in [6, 6.07) is 0. The van der Waals surface area contributed by atoms with Crippen LogP contribution in [0.1, 0.15) is 40.0 Å². The average molecular weight is 297 g/mol. The maximum atomic E-state index is 12.2. The molecule has 1 fully saturated rings. The molecule has 0 aromatic heterocycles. The van der Waals surface area contributed by atoms with Crippen molar-refractivity contribution in [3.05, 3.63) is 0 Å². The summed E-state index contributed by atoms with van der Waals surface area (Å²) in [4.78, 5) is 25.5. The summed E-state index contributed by atoms with van der Waals surface area (Å²) < 4.78 is 0. The molecule has 0 saturated carbocycles. The van der Waals surface area contributed by atoms with Crippen LogP contribution >= 0.6 is 0 Å². The van der Waals surface area contributed by atoms with Crippen LogP contribution in [0.5, 0.6) is 0 Å². The second-order valence-corrected chi connectivity index (χ2v) is 6.74. The highest BCUT2D eigenvalue weighted by atomic mass is 16.2. The van der Waals surface area contributed by atoms with E-state index in [1.54, 1.807) is 11.9 Å². The van der Waals surface area contributed by atoms with Crippen molar-refractivity contribution >= 4 is 11.8 Å². The molecule has 1 rings (SSSR count). The first-order valence-electron chi connectivity index (χ1n) is 8.11. The third-order valence-corrected chi connectivity index (χ3v) is 4.15. The first-order chi connectivity index (χ1) is 9.90. The standard InChI is InChI=1S/C16H31N3O2/c1-12(2)9-18-15(20)11-19(4)16(21)8-13(3)14-6-5-7-17-10-14/h12-14,17H,5-11H2,1-4H3,(H,18,20). The normalized spacial score (nSPS) is 20.1. The molecular formula is C16H31N3O2. The lowest BCUT2D eigenvalue weighted by atomic mass is 9.85. The van der Waals surface area contributed by atoms with Gasteiger partial charge in [0, 0.05) is 20.0 Å². The van der Waals surface area contributed by atoms with E-state index in [2.05, 4.69) is 31.4 Å². The second-order valence-electron chi connectivity index (χ2n) is 6.74. The molecule has 0 bridgehead atoms. The number of nitrogens with zero attached hydrogens (tertiary/aromatic N) is 1. The highest BCUT2D eigenvalue weighted by Gasteiger charge is 2.23. The van der Waals surface area contributed by atoms with E-state index < -0.39 is 0 Å². The summed E-state index contributed by atoms with van der Waals surface area (Å²) >= 11 is 0. The zero-order chi connectivity index (χ0) is 15.8. The number of amides is 2. The largest absolute Gasteiger partial charge is 0.354 e. The lowest BCUT2D eigenvalue weighted by Gasteiger charge is -2.29. The Morgan fingerprint density at radius 1 is 1.33 bits per heavy atom. The van der Waals surface area contributed by atoms with Crippen LogP contribution in [0.2, 0.25) is 0 Å². The van der Waals surface area contributed by atoms with Gasteiger partial charge < -0.3 is 15.5 Å². The van der Waals surface area contributed by atoms with Gasteiger partial charge in [0.15, 0.2) is 0 Å². The lowest BCUT2D eigenvalue weighted by molar-refractivity contribution is -0.135. The van der Waals surface area contributed by atoms with E-state index in [9.17, 15) is 9.59 Å². The number of hydrogen-bond donors (Lipinski definition) is 2. The Balaban J connectivity index is 2.31. The van der Waals surface area contributed by atoms with Crippen molar-refractivity contribution in [1.82, 2.24) is 15.5 Å². The number of likely N-dealkylation sites (N-methyl/N-ethyl adjacent to an activating group) is 1. The molecule has 1 saturated heterocycles. The predicted molar refractivity (Wildman–Crippen MR) is 84.9 cm³/mol. The van der Waals surface area contributed by atoms with Crippen LogP contribution in [0.3, 0.4) is 0 Å². The second kappa shape index (κ2) is 9.03. The molecule has 122 valence electrons. The minimum atomic E-state index is -0.0773. The summed E-state index contributed by atoms with van der Waals surface area (Å²) in [5.74, 6) is 1.35. The Hall–Kier alpha value is -1.10. The molecule has 5 nitrogen and oxygen atoms in total. The Bertz CT molecular complexity index is 338. The first-order valence-corrected chi connectivity index (χ1v) is 8.11. The van der Waals surface area contributed by atoms with E-state index in [0.29, 0.717) is 30.7 Å². The summed E-state index contributed by atoms with van der Waals surface area (Å²) in [5.41, 5.74) is 0. The van der Waals surface area contributed by atoms with Crippen LogP contribution < -0.4 is 10.6 Å². The van der Waals surface area contributed by atoms with Gasteiger partial charge in [-0.3, -0.25) is 9.59 Å². The average Bonchev–Trinajstić information content (AvgIpc) is 2.45. The Labute approximate surface area is 128 Å². The molecule has 2 unspecified atom stereocenters. The van der Waals surface area contributed by atoms with Gasteiger partial charge >= 0.3 is 0 Å². The van der Waals surface area contributed by atoms with Crippen LogP contribution in [0.25, 0.3) is 0 Å². The Morgan fingerprint density at radius 2 is 2.05 bits per heavy atom. The maximum Gasteiger partial charge on any atom is 0.239 e. The molecule has 5 heteroatoms. The van der Waals surface area contributed by atoms with E-state index in [1.165, 1.54) is 12.8 Å². The topological polar surface area (TPSA) is 61.4 Å². The van der Waals surface area contributed by atoms with Crippen molar-refractivity contribution in [2.24, 2.45) is 17.8 Å². The fraction of sp³-hybridized carbons (Fsp3) is 0.875. The minimum absolute atomic E-state index is 0.0628. The number of nitrogens with one attached hydrogen (secondary N) is 2. The lowest BCUT2D eigenvalue weighted by Crippen LogP contribution is -2.41. The van der Waals surface area contributed by atoms with Crippen molar-refractivity contribution in [3.8, 4) is 0 Å². The molecule has 1 heterocycles. The quantitative estimate of drug-likeness (QED) is 0.743. The third-order valence-electron chi connectivity index (χ3n) is 4.15. The van der Waals surface area contributed by atoms with Crippen LogP contribution in [0.4, 0.5) is 0 Å². The van der Waals surface area contributed by atoms with Crippen LogP contribution in [0.15, 0.2) is 0 Å². The molecule has 21 heavy (non-hydrogen) atoms. The van der Waals surface area contributed by atoms with Crippen molar-refractivity contribution in [2.75, 3.05) is 33.2 Å². The Morgan fingerprint density at radius 3 is 2.62 bits per heavy atom. The zero-order valence-corrected chi connectivity index (χ0v) is 13.9. The summed E-state index contributed by atoms with van der Waals surface area (Å²) in [6.45, 7) is 9.15. The van der Waals surface area contributed by atoms with Crippen molar-refractivity contribution in [1.29, 1.82) is 0 Å². The van der Waals surface area contributed by atoms with Crippen molar-refractivity contribution < 1.29 is 9.59 Å². The van der Waals surface area contributed by atoms with Crippen LogP contribution in [-0.4, -0.2) is 49.9 Å². The van der Waals surface area contributed by atoms with Gasteiger partial charge in [0.25, 0.3) is 0 Å². The van der Waals surface area contributed by atoms with Crippen molar-refractivity contribution in [3.63, 3.8) is 0 Å². The van der Waals surface area contributed by atoms with Gasteiger partial charge in [-0.1, -0.05) is 20.8 Å². The molecule has 2 atom stereocenters. The fourth-order valence-corrected chi connectivity index (χ4v) is 2.64. The van der Waals surface area contributed by atoms with E-state index >= 15 is 0 Å². The van der Waals surface area contributed by atoms with E-state index in [4.69, 9.17) is 0 Å². The maximum absolute atomic E-state index is 12.2. The minimum Gasteiger partial charge on any atom is -0.354 e. The molecule has 2 amide bonds. The summed E-state index contributed by atoms with van der Waals surface area (Å²) in [6.07, 6.45) is 2.91. The first kappa shape index (κ1) is 18.0. The van der Waals surface area contributed by atoms with Crippen molar-refractivity contribution in [2.45, 2.75) is 40.0 Å². The highest BCUT2D eigenvalue weighted by Crippen LogP contribution is 2.22. The molecule has 0 spiro atoms. The summed E-state index contributed by atoms with van der Waals surface area (Å²) in [7, 11) is 1.71. The van der Waals surface area contributed by atoms with Gasteiger partial charge in [-0.25, -0.2) is 0 Å². The number of carbonyl (C=O) groups is 2. The summed E-state index contributed by atoms with van der Waals surface area (Å²) in [5, 5.41) is 6.23. The monoisotopic (exact) mass is 297 g/mol. The number of rotatable bonds is 7. The molecule has 1 aliphatic heterocycles. The molecule has 1 aliphatic rings. The highest BCUT2D eigenvalue weighted by molar-refractivity contribution is 5.84. The van der Waals surface area contributed by atoms with Gasteiger partial charge in [0.2, 0.25) is 11.8 Å². The van der Waals surface area contributed by atoms with Crippen LogP contribution in [0, 0.1) is 17.8 Å². The van der Waals surface area contributed by atoms with Gasteiger partial charge in [0.05, 0.1) is 6.54 Å². The van der Waals surface area contributed by atoms with Gasteiger partial charge in [-0.2, -0.15) is 0 Å². The Kier molecular flexibility index (Phi) is 7.72. The van der Waals surface area contributed by atoms with Crippen LogP contribution in [-0.2, 0) is 9.59 Å². The van der Waals surface area contributed by atoms with Gasteiger partial charge in [-0.15, -0.1) is 0 Å². The smallest absolute Gasteiger partial charge is 0.239 e. The SMILES string of the molecule is CC(C)CNC(=O)CN(C)C(=O)CC(C)C1CCCNC1. The molecule has 0 aromatic carbocycles. The van der Waals surface area contributed by atoms with E-state index in [1.807, 2.05) is 0 Å². The molecule has 2 N–H and O–H groups in total.